The van der Waals surface area contributed by atoms with Crippen molar-refractivity contribution in [3.8, 4) is 45.7 Å². The van der Waals surface area contributed by atoms with Gasteiger partial charge in [0.05, 0.1) is 27.0 Å². The van der Waals surface area contributed by atoms with Gasteiger partial charge in [0.15, 0.2) is 11.5 Å². The third kappa shape index (κ3) is 3.05. The monoisotopic (exact) mass is 415 g/mol. The van der Waals surface area contributed by atoms with Gasteiger partial charge in [-0.3, -0.25) is 0 Å². The number of anilines is 1. The van der Waals surface area contributed by atoms with Crippen molar-refractivity contribution in [2.24, 2.45) is 0 Å². The SMILES string of the molecule is COc1cc2c(c(OC)c1OC)C(C)(C)Cc1c-2nc(N)c(C#N)c1-c1ccccc1. The maximum atomic E-state index is 9.89. The van der Waals surface area contributed by atoms with Gasteiger partial charge in [0.25, 0.3) is 0 Å². The number of nitrogen functional groups attached to an aromatic ring is 1. The van der Waals surface area contributed by atoms with Gasteiger partial charge in [0.1, 0.15) is 17.5 Å². The zero-order chi connectivity index (χ0) is 22.3. The molecule has 0 atom stereocenters. The molecule has 31 heavy (non-hydrogen) atoms. The molecule has 158 valence electrons. The van der Waals surface area contributed by atoms with Crippen LogP contribution in [-0.2, 0) is 11.8 Å². The first kappa shape index (κ1) is 20.5. The van der Waals surface area contributed by atoms with Gasteiger partial charge >= 0.3 is 0 Å². The number of nitriles is 1. The minimum atomic E-state index is -0.318. The Kier molecular flexibility index (Phi) is 4.98. The van der Waals surface area contributed by atoms with E-state index in [9.17, 15) is 5.26 Å². The first-order valence-electron chi connectivity index (χ1n) is 9.99. The first-order valence-corrected chi connectivity index (χ1v) is 9.99. The summed E-state index contributed by atoms with van der Waals surface area (Å²) in [4.78, 5) is 4.69. The lowest BCUT2D eigenvalue weighted by atomic mass is 9.69. The van der Waals surface area contributed by atoms with Crippen molar-refractivity contribution in [1.29, 1.82) is 5.26 Å². The summed E-state index contributed by atoms with van der Waals surface area (Å²) in [6, 6.07) is 14.0. The highest BCUT2D eigenvalue weighted by Crippen LogP contribution is 2.55. The van der Waals surface area contributed by atoms with Crippen molar-refractivity contribution < 1.29 is 14.2 Å². The van der Waals surface area contributed by atoms with Crippen LogP contribution in [0.25, 0.3) is 22.4 Å². The third-order valence-corrected chi connectivity index (χ3v) is 5.88. The van der Waals surface area contributed by atoms with Gasteiger partial charge in [-0.1, -0.05) is 44.2 Å². The minimum Gasteiger partial charge on any atom is -0.493 e. The van der Waals surface area contributed by atoms with Crippen LogP contribution < -0.4 is 19.9 Å². The summed E-state index contributed by atoms with van der Waals surface area (Å²) < 4.78 is 17.0. The van der Waals surface area contributed by atoms with Gasteiger partial charge in [0.2, 0.25) is 5.75 Å². The van der Waals surface area contributed by atoms with E-state index in [1.807, 2.05) is 36.4 Å². The molecular weight excluding hydrogens is 390 g/mol. The molecule has 0 amide bonds. The molecule has 0 saturated heterocycles. The fraction of sp³-hybridized carbons (Fsp3) is 0.280. The molecule has 0 aliphatic heterocycles. The van der Waals surface area contributed by atoms with Crippen LogP contribution in [0.2, 0.25) is 0 Å². The second-order valence-electron chi connectivity index (χ2n) is 8.18. The van der Waals surface area contributed by atoms with Gasteiger partial charge in [-0.25, -0.2) is 4.98 Å². The summed E-state index contributed by atoms with van der Waals surface area (Å²) >= 11 is 0. The molecular formula is C25H25N3O3. The maximum absolute atomic E-state index is 9.89. The molecule has 3 aromatic rings. The number of nitrogens with zero attached hydrogens (tertiary/aromatic N) is 2. The van der Waals surface area contributed by atoms with Crippen LogP contribution in [0.4, 0.5) is 5.82 Å². The highest BCUT2D eigenvalue weighted by atomic mass is 16.5. The zero-order valence-electron chi connectivity index (χ0n) is 18.4. The van der Waals surface area contributed by atoms with E-state index in [0.29, 0.717) is 29.2 Å². The third-order valence-electron chi connectivity index (χ3n) is 5.88. The minimum absolute atomic E-state index is 0.208. The second kappa shape index (κ2) is 7.51. The average molecular weight is 415 g/mol. The first-order chi connectivity index (χ1) is 14.9. The smallest absolute Gasteiger partial charge is 0.203 e. The molecule has 1 aliphatic rings. The van der Waals surface area contributed by atoms with Crippen LogP contribution in [0.5, 0.6) is 17.2 Å². The summed E-state index contributed by atoms with van der Waals surface area (Å²) in [5.74, 6) is 1.93. The molecule has 1 aliphatic carbocycles. The largest absolute Gasteiger partial charge is 0.493 e. The van der Waals surface area contributed by atoms with Crippen LogP contribution in [0.3, 0.4) is 0 Å². The lowest BCUT2D eigenvalue weighted by Gasteiger charge is -2.37. The zero-order valence-corrected chi connectivity index (χ0v) is 18.4. The lowest BCUT2D eigenvalue weighted by molar-refractivity contribution is 0.316. The van der Waals surface area contributed by atoms with Crippen molar-refractivity contribution in [1.82, 2.24) is 4.98 Å². The molecule has 1 heterocycles. The molecule has 4 rings (SSSR count). The Morgan fingerprint density at radius 1 is 1.03 bits per heavy atom. The number of aromatic nitrogens is 1. The van der Waals surface area contributed by atoms with Crippen molar-refractivity contribution in [3.63, 3.8) is 0 Å². The topological polar surface area (TPSA) is 90.4 Å². The Labute approximate surface area is 182 Å². The fourth-order valence-corrected chi connectivity index (χ4v) is 4.62. The van der Waals surface area contributed by atoms with Crippen LogP contribution in [0.1, 0.15) is 30.5 Å². The van der Waals surface area contributed by atoms with Gasteiger partial charge in [0, 0.05) is 16.7 Å². The second-order valence-corrected chi connectivity index (χ2v) is 8.18. The van der Waals surface area contributed by atoms with Crippen LogP contribution >= 0.6 is 0 Å². The predicted octanol–water partition coefficient (Wildman–Crippen LogP) is 4.73. The Bertz CT molecular complexity index is 1210. The van der Waals surface area contributed by atoms with E-state index >= 15 is 0 Å². The highest BCUT2D eigenvalue weighted by molar-refractivity contribution is 5.89. The number of hydrogen-bond acceptors (Lipinski definition) is 6. The molecule has 0 radical (unpaired) electrons. The predicted molar refractivity (Wildman–Crippen MR) is 121 cm³/mol. The Morgan fingerprint density at radius 3 is 2.29 bits per heavy atom. The van der Waals surface area contributed by atoms with Gasteiger partial charge in [-0.05, 0) is 29.0 Å². The molecule has 0 unspecified atom stereocenters. The quantitative estimate of drug-likeness (QED) is 0.662. The number of fused-ring (bicyclic) bond motifs is 3. The number of rotatable bonds is 4. The number of nitrogens with two attached hydrogens (primary N) is 1. The molecule has 0 bridgehead atoms. The number of ether oxygens (including phenoxy) is 3. The maximum Gasteiger partial charge on any atom is 0.203 e. The van der Waals surface area contributed by atoms with E-state index < -0.39 is 0 Å². The van der Waals surface area contributed by atoms with Crippen molar-refractivity contribution in [3.05, 3.63) is 53.1 Å². The van der Waals surface area contributed by atoms with E-state index in [1.54, 1.807) is 21.3 Å². The Morgan fingerprint density at radius 2 is 1.71 bits per heavy atom. The molecule has 0 saturated carbocycles. The van der Waals surface area contributed by atoms with E-state index in [2.05, 4.69) is 24.9 Å². The fourth-order valence-electron chi connectivity index (χ4n) is 4.62. The summed E-state index contributed by atoms with van der Waals surface area (Å²) in [6.07, 6.45) is 0.660. The standard InChI is InChI=1S/C25H25N3O3/c1-25(2)12-16-19(14-9-7-6-8-10-14)17(13-26)24(27)28-21(16)15-11-18(29-3)22(30-4)23(31-5)20(15)25/h6-11H,12H2,1-5H3,(H2,27,28). The number of pyridine rings is 1. The van der Waals surface area contributed by atoms with Crippen molar-refractivity contribution in [2.75, 3.05) is 27.1 Å². The van der Waals surface area contributed by atoms with E-state index in [-0.39, 0.29) is 11.2 Å². The van der Waals surface area contributed by atoms with Crippen LogP contribution in [0.15, 0.2) is 36.4 Å². The van der Waals surface area contributed by atoms with Crippen LogP contribution in [0, 0.1) is 11.3 Å². The van der Waals surface area contributed by atoms with E-state index in [4.69, 9.17) is 19.9 Å². The number of hydrogen-bond donors (Lipinski definition) is 1. The van der Waals surface area contributed by atoms with E-state index in [1.165, 1.54) is 0 Å². The molecule has 2 N–H and O–H groups in total. The summed E-state index contributed by atoms with van der Waals surface area (Å²) in [5, 5.41) is 9.89. The summed E-state index contributed by atoms with van der Waals surface area (Å²) in [5.41, 5.74) is 11.7. The molecule has 0 spiro atoms. The molecule has 6 nitrogen and oxygen atoms in total. The van der Waals surface area contributed by atoms with Crippen molar-refractivity contribution in [2.45, 2.75) is 25.7 Å². The highest BCUT2D eigenvalue weighted by Gasteiger charge is 2.39. The summed E-state index contributed by atoms with van der Waals surface area (Å²) in [6.45, 7) is 4.31. The summed E-state index contributed by atoms with van der Waals surface area (Å²) in [7, 11) is 4.81. The molecule has 2 aromatic carbocycles. The lowest BCUT2D eigenvalue weighted by Crippen LogP contribution is -2.28. The molecule has 1 aromatic heterocycles. The Hall–Kier alpha value is -3.72. The molecule has 0 fully saturated rings. The Balaban J connectivity index is 2.16. The van der Waals surface area contributed by atoms with Gasteiger partial charge in [-0.2, -0.15) is 5.26 Å². The van der Waals surface area contributed by atoms with Crippen molar-refractivity contribution >= 4 is 5.82 Å². The van der Waals surface area contributed by atoms with Gasteiger partial charge < -0.3 is 19.9 Å². The molecule has 6 heteroatoms. The normalized spacial score (nSPS) is 13.5. The average Bonchev–Trinajstić information content (AvgIpc) is 2.77. The number of methoxy groups -OCH3 is 3. The van der Waals surface area contributed by atoms with E-state index in [0.717, 1.165) is 33.5 Å². The van der Waals surface area contributed by atoms with Crippen LogP contribution in [-0.4, -0.2) is 26.3 Å². The number of benzene rings is 2. The van der Waals surface area contributed by atoms with Gasteiger partial charge in [-0.15, -0.1) is 0 Å².